The van der Waals surface area contributed by atoms with E-state index < -0.39 is 0 Å². The van der Waals surface area contributed by atoms with Crippen molar-refractivity contribution in [2.45, 2.75) is 64.7 Å². The van der Waals surface area contributed by atoms with E-state index in [0.717, 1.165) is 19.6 Å². The Labute approximate surface area is 168 Å². The molecule has 0 radical (unpaired) electrons. The van der Waals surface area contributed by atoms with Crippen LogP contribution in [-0.2, 0) is 19.6 Å². The maximum absolute atomic E-state index is 4.70. The normalized spacial score (nSPS) is 15.2. The van der Waals surface area contributed by atoms with E-state index in [4.69, 9.17) is 5.10 Å². The Morgan fingerprint density at radius 3 is 2.21 bits per heavy atom. The summed E-state index contributed by atoms with van der Waals surface area (Å²) in [4.78, 5) is 6.64. The molecular weight excluding hydrogens is 344 g/mol. The fourth-order valence-electron chi connectivity index (χ4n) is 4.13. The highest BCUT2D eigenvalue weighted by atomic mass is 15.3. The highest BCUT2D eigenvalue weighted by molar-refractivity contribution is 5.21. The molecule has 3 aromatic rings. The van der Waals surface area contributed by atoms with Crippen LogP contribution in [0.2, 0.25) is 0 Å². The Morgan fingerprint density at radius 1 is 0.857 bits per heavy atom. The summed E-state index contributed by atoms with van der Waals surface area (Å²) in [5, 5.41) is 4.70. The van der Waals surface area contributed by atoms with E-state index in [-0.39, 0.29) is 0 Å². The van der Waals surface area contributed by atoms with Gasteiger partial charge < -0.3 is 0 Å². The molecule has 4 heteroatoms. The predicted octanol–water partition coefficient (Wildman–Crippen LogP) is 5.29. The van der Waals surface area contributed by atoms with E-state index in [0.29, 0.717) is 6.04 Å². The Morgan fingerprint density at radius 2 is 1.50 bits per heavy atom. The second-order valence-electron chi connectivity index (χ2n) is 8.11. The standard InChI is InChI=1S/C24H30N4/c1-20-7-9-21(10-8-20)16-27(17-22-11-13-25-14-12-22)18-23-15-26-28(19-23)24-5-3-2-4-6-24/h7-15,19,24H,2-6,16-18H2,1H3. The predicted molar refractivity (Wildman–Crippen MR) is 113 cm³/mol. The largest absolute Gasteiger partial charge is 0.290 e. The lowest BCUT2D eigenvalue weighted by Gasteiger charge is -2.23. The summed E-state index contributed by atoms with van der Waals surface area (Å²) in [5.74, 6) is 0. The minimum absolute atomic E-state index is 0.591. The molecule has 2 heterocycles. The van der Waals surface area contributed by atoms with Crippen molar-refractivity contribution in [3.63, 3.8) is 0 Å². The van der Waals surface area contributed by atoms with Crippen LogP contribution in [0, 0.1) is 6.92 Å². The van der Waals surface area contributed by atoms with E-state index in [1.54, 1.807) is 0 Å². The van der Waals surface area contributed by atoms with Crippen LogP contribution < -0.4 is 0 Å². The molecule has 4 rings (SSSR count). The monoisotopic (exact) mass is 374 g/mol. The second kappa shape index (κ2) is 9.16. The van der Waals surface area contributed by atoms with Gasteiger partial charge in [-0.1, -0.05) is 49.1 Å². The van der Waals surface area contributed by atoms with Gasteiger partial charge >= 0.3 is 0 Å². The maximum Gasteiger partial charge on any atom is 0.0534 e. The summed E-state index contributed by atoms with van der Waals surface area (Å²) in [7, 11) is 0. The van der Waals surface area contributed by atoms with Gasteiger partial charge in [-0.05, 0) is 43.0 Å². The Hall–Kier alpha value is -2.46. The first-order valence-electron chi connectivity index (χ1n) is 10.5. The molecule has 0 amide bonds. The van der Waals surface area contributed by atoms with Crippen LogP contribution >= 0.6 is 0 Å². The van der Waals surface area contributed by atoms with Crippen molar-refractivity contribution < 1.29 is 0 Å². The van der Waals surface area contributed by atoms with Crippen molar-refractivity contribution in [1.82, 2.24) is 19.7 Å². The molecule has 0 spiro atoms. The van der Waals surface area contributed by atoms with Crippen LogP contribution in [0.4, 0.5) is 0 Å². The van der Waals surface area contributed by atoms with Gasteiger partial charge in [0.1, 0.15) is 0 Å². The zero-order valence-electron chi connectivity index (χ0n) is 16.8. The molecule has 1 saturated carbocycles. The lowest BCUT2D eigenvalue weighted by Crippen LogP contribution is -2.22. The molecule has 0 unspecified atom stereocenters. The van der Waals surface area contributed by atoms with Crippen LogP contribution in [0.5, 0.6) is 0 Å². The van der Waals surface area contributed by atoms with Gasteiger partial charge in [0.15, 0.2) is 0 Å². The zero-order valence-corrected chi connectivity index (χ0v) is 16.8. The van der Waals surface area contributed by atoms with E-state index in [1.165, 1.54) is 54.4 Å². The average Bonchev–Trinajstić information content (AvgIpc) is 3.20. The second-order valence-corrected chi connectivity index (χ2v) is 8.11. The highest BCUT2D eigenvalue weighted by Gasteiger charge is 2.17. The molecule has 1 aliphatic carbocycles. The molecule has 28 heavy (non-hydrogen) atoms. The molecule has 1 fully saturated rings. The van der Waals surface area contributed by atoms with Crippen LogP contribution in [0.15, 0.2) is 61.2 Å². The fraction of sp³-hybridized carbons (Fsp3) is 0.417. The van der Waals surface area contributed by atoms with Crippen LogP contribution in [-0.4, -0.2) is 19.7 Å². The third kappa shape index (κ3) is 5.08. The Balaban J connectivity index is 1.48. The molecule has 2 aromatic heterocycles. The summed E-state index contributed by atoms with van der Waals surface area (Å²) in [5.41, 5.74) is 5.24. The number of aryl methyl sites for hydroxylation is 1. The van der Waals surface area contributed by atoms with E-state index in [2.05, 4.69) is 70.3 Å². The number of rotatable bonds is 7. The van der Waals surface area contributed by atoms with E-state index >= 15 is 0 Å². The number of hydrogen-bond donors (Lipinski definition) is 0. The summed E-state index contributed by atoms with van der Waals surface area (Å²) in [6.07, 6.45) is 14.7. The first-order chi connectivity index (χ1) is 13.8. The van der Waals surface area contributed by atoms with E-state index in [1.807, 2.05) is 12.4 Å². The first kappa shape index (κ1) is 18.9. The van der Waals surface area contributed by atoms with Crippen molar-refractivity contribution in [3.05, 3.63) is 83.4 Å². The van der Waals surface area contributed by atoms with Gasteiger partial charge in [0, 0.05) is 43.8 Å². The number of aromatic nitrogens is 3. The zero-order chi connectivity index (χ0) is 19.2. The van der Waals surface area contributed by atoms with Crippen molar-refractivity contribution in [2.75, 3.05) is 0 Å². The van der Waals surface area contributed by atoms with Gasteiger partial charge in [-0.3, -0.25) is 14.6 Å². The van der Waals surface area contributed by atoms with Gasteiger partial charge in [0.25, 0.3) is 0 Å². The van der Waals surface area contributed by atoms with Gasteiger partial charge in [-0.15, -0.1) is 0 Å². The summed E-state index contributed by atoms with van der Waals surface area (Å²) >= 11 is 0. The molecule has 1 aromatic carbocycles. The van der Waals surface area contributed by atoms with Crippen LogP contribution in [0.3, 0.4) is 0 Å². The SMILES string of the molecule is Cc1ccc(CN(Cc2ccncc2)Cc2cnn(C3CCCCC3)c2)cc1. The van der Waals surface area contributed by atoms with Crippen molar-refractivity contribution in [3.8, 4) is 0 Å². The average molecular weight is 375 g/mol. The molecular formula is C24H30N4. The summed E-state index contributed by atoms with van der Waals surface area (Å²) < 4.78 is 2.21. The third-order valence-electron chi connectivity index (χ3n) is 5.69. The molecule has 0 N–H and O–H groups in total. The number of nitrogens with zero attached hydrogens (tertiary/aromatic N) is 4. The van der Waals surface area contributed by atoms with Gasteiger partial charge in [0.2, 0.25) is 0 Å². The quantitative estimate of drug-likeness (QED) is 0.563. The Kier molecular flexibility index (Phi) is 6.17. The van der Waals surface area contributed by atoms with Crippen LogP contribution in [0.25, 0.3) is 0 Å². The number of benzene rings is 1. The molecule has 0 aliphatic heterocycles. The van der Waals surface area contributed by atoms with Crippen molar-refractivity contribution in [2.24, 2.45) is 0 Å². The van der Waals surface area contributed by atoms with Crippen LogP contribution in [0.1, 0.15) is 60.4 Å². The van der Waals surface area contributed by atoms with Gasteiger partial charge in [-0.25, -0.2) is 0 Å². The minimum Gasteiger partial charge on any atom is -0.290 e. The van der Waals surface area contributed by atoms with Crippen molar-refractivity contribution >= 4 is 0 Å². The lowest BCUT2D eigenvalue weighted by molar-refractivity contribution is 0.247. The fourth-order valence-corrected chi connectivity index (χ4v) is 4.13. The smallest absolute Gasteiger partial charge is 0.0534 e. The molecule has 1 aliphatic rings. The Bertz CT molecular complexity index is 848. The molecule has 0 atom stereocenters. The van der Waals surface area contributed by atoms with Crippen molar-refractivity contribution in [1.29, 1.82) is 0 Å². The molecule has 4 nitrogen and oxygen atoms in total. The van der Waals surface area contributed by atoms with Gasteiger partial charge in [0.05, 0.1) is 12.2 Å². The summed E-state index contributed by atoms with van der Waals surface area (Å²) in [6, 6.07) is 13.7. The van der Waals surface area contributed by atoms with Gasteiger partial charge in [-0.2, -0.15) is 5.10 Å². The number of pyridine rings is 1. The number of hydrogen-bond acceptors (Lipinski definition) is 3. The highest BCUT2D eigenvalue weighted by Crippen LogP contribution is 2.27. The minimum atomic E-state index is 0.591. The molecule has 0 saturated heterocycles. The maximum atomic E-state index is 4.70. The lowest BCUT2D eigenvalue weighted by atomic mass is 9.96. The molecule has 0 bridgehead atoms. The van der Waals surface area contributed by atoms with E-state index in [9.17, 15) is 0 Å². The summed E-state index contributed by atoms with van der Waals surface area (Å²) in [6.45, 7) is 4.88. The topological polar surface area (TPSA) is 34.0 Å². The third-order valence-corrected chi connectivity index (χ3v) is 5.69. The molecule has 146 valence electrons. The first-order valence-corrected chi connectivity index (χ1v) is 10.5.